The maximum absolute atomic E-state index is 14.7. The third-order valence-corrected chi connectivity index (χ3v) is 10.5. The lowest BCUT2D eigenvalue weighted by molar-refractivity contribution is -0.137. The molecule has 2 aromatic heterocycles. The number of carbonyl (C=O) groups excluding carboxylic acids is 1. The van der Waals surface area contributed by atoms with Gasteiger partial charge in [-0.2, -0.15) is 15.1 Å². The third kappa shape index (κ3) is 7.14. The summed E-state index contributed by atoms with van der Waals surface area (Å²) in [6.45, 7) is 4.34. The molecular formula is C33H36IN6O9P. The molecule has 0 radical (unpaired) electrons. The number of nitrogens with two attached hydrogens (primary N) is 1. The monoisotopic (exact) mass is 818 g/mol. The number of halogens is 1. The number of aliphatic hydroxyl groups excluding tert-OH is 1. The van der Waals surface area contributed by atoms with Gasteiger partial charge in [-0.1, -0.05) is 68.4 Å². The number of aliphatic hydroxyl groups is 2. The van der Waals surface area contributed by atoms with Crippen molar-refractivity contribution in [1.82, 2.24) is 24.6 Å². The van der Waals surface area contributed by atoms with Crippen molar-refractivity contribution in [2.75, 3.05) is 19.5 Å². The van der Waals surface area contributed by atoms with Gasteiger partial charge in [-0.15, -0.1) is 0 Å². The van der Waals surface area contributed by atoms with Crippen molar-refractivity contribution in [2.45, 2.75) is 50.8 Å². The summed E-state index contributed by atoms with van der Waals surface area (Å²) in [5.41, 5.74) is 4.44. The molecule has 15 nitrogen and oxygen atoms in total. The lowest BCUT2D eigenvalue weighted by Crippen LogP contribution is -2.45. The van der Waals surface area contributed by atoms with Gasteiger partial charge in [-0.3, -0.25) is 9.09 Å². The van der Waals surface area contributed by atoms with Crippen LogP contribution in [0.3, 0.4) is 0 Å². The highest BCUT2D eigenvalue weighted by atomic mass is 127. The molecule has 1 fully saturated rings. The van der Waals surface area contributed by atoms with Gasteiger partial charge >= 0.3 is 13.7 Å². The first-order valence-electron chi connectivity index (χ1n) is 15.6. The van der Waals surface area contributed by atoms with Gasteiger partial charge in [0.15, 0.2) is 21.2 Å². The van der Waals surface area contributed by atoms with Crippen LogP contribution < -0.4 is 24.8 Å². The Labute approximate surface area is 300 Å². The Morgan fingerprint density at radius 2 is 1.80 bits per heavy atom. The largest absolute Gasteiger partial charge is 0.479 e. The number of rotatable bonds is 12. The number of nitrogen functional groups attached to an aromatic ring is 1. The predicted molar refractivity (Wildman–Crippen MR) is 192 cm³/mol. The molecule has 5 N–H and O–H groups in total. The minimum atomic E-state index is -4.48. The quantitative estimate of drug-likeness (QED) is 0.0447. The number of ether oxygens (including phenoxy) is 3. The Bertz CT molecular complexity index is 2060. The molecule has 1 aliphatic heterocycles. The molecule has 0 saturated carbocycles. The average molecular weight is 819 g/mol. The Kier molecular flexibility index (Phi) is 10.3. The molecule has 0 amide bonds. The minimum Gasteiger partial charge on any atom is -0.479 e. The molecule has 0 aliphatic carbocycles. The highest BCUT2D eigenvalue weighted by Crippen LogP contribution is 2.49. The van der Waals surface area contributed by atoms with Crippen LogP contribution in [0.1, 0.15) is 27.0 Å². The number of methoxy groups -OCH3 is 1. The number of fused-ring (bicyclic) bond motifs is 2. The van der Waals surface area contributed by atoms with Crippen LogP contribution in [-0.4, -0.2) is 73.3 Å². The summed E-state index contributed by atoms with van der Waals surface area (Å²) in [7, 11) is -3.07. The summed E-state index contributed by atoms with van der Waals surface area (Å²) in [4.78, 5) is 26.2. The molecule has 3 aromatic carbocycles. The molecule has 1 saturated heterocycles. The Morgan fingerprint density at radius 3 is 2.52 bits per heavy atom. The van der Waals surface area contributed by atoms with Crippen molar-refractivity contribution in [3.8, 4) is 17.4 Å². The highest BCUT2D eigenvalue weighted by Gasteiger charge is 2.55. The summed E-state index contributed by atoms with van der Waals surface area (Å²) in [5, 5.41) is 27.2. The number of nitrogens with zero attached hydrogens (tertiary/aromatic N) is 4. The van der Waals surface area contributed by atoms with E-state index in [9.17, 15) is 19.6 Å². The molecule has 6 rings (SSSR count). The van der Waals surface area contributed by atoms with Gasteiger partial charge in [0.25, 0.3) is 0 Å². The molecule has 1 unspecified atom stereocenters. The van der Waals surface area contributed by atoms with Crippen LogP contribution >= 0.6 is 30.3 Å². The van der Waals surface area contributed by atoms with Crippen LogP contribution in [0.5, 0.6) is 17.4 Å². The van der Waals surface area contributed by atoms with Crippen LogP contribution in [0.25, 0.3) is 21.9 Å². The number of hydrogen-bond acceptors (Lipinski definition) is 13. The molecule has 1 aliphatic rings. The van der Waals surface area contributed by atoms with Crippen LogP contribution in [-0.2, 0) is 18.6 Å². The van der Waals surface area contributed by atoms with E-state index in [0.717, 1.165) is 5.39 Å². The Balaban J connectivity index is 1.31. The van der Waals surface area contributed by atoms with Crippen molar-refractivity contribution in [2.24, 2.45) is 5.92 Å². The van der Waals surface area contributed by atoms with E-state index in [-0.39, 0.29) is 28.7 Å². The van der Waals surface area contributed by atoms with Gasteiger partial charge in [0, 0.05) is 28.0 Å². The van der Waals surface area contributed by atoms with Gasteiger partial charge in [0.05, 0.1) is 13.7 Å². The molecular weight excluding hydrogens is 782 g/mol. The first-order chi connectivity index (χ1) is 23.8. The standard InChI is InChI=1S/C33H36IN6O9P/c1-18(2)24(29(42)47-20-13-6-5-7-14-20)39-50(44,49-22-16-10-12-19-11-8-9-15-21(19)22)46-17-23-26(41)33(3,43)30(48-23)40-27-25(36-31(40)34)28(45-4)38-32(35)37-27/h5-16,18,23-24,26,30,41,43H,17H2,1-4H3,(H,39,44)(H2,35,37,38)/t23-,24+,26-,30-,33-,50?/m1/s1. The van der Waals surface area contributed by atoms with E-state index in [0.29, 0.717) is 15.0 Å². The summed E-state index contributed by atoms with van der Waals surface area (Å²) < 4.78 is 45.7. The van der Waals surface area contributed by atoms with Crippen molar-refractivity contribution >= 4 is 64.2 Å². The Morgan fingerprint density at radius 1 is 1.10 bits per heavy atom. The van der Waals surface area contributed by atoms with E-state index in [4.69, 9.17) is 29.0 Å². The van der Waals surface area contributed by atoms with Crippen molar-refractivity contribution < 1.29 is 42.8 Å². The lowest BCUT2D eigenvalue weighted by Gasteiger charge is -2.28. The van der Waals surface area contributed by atoms with Crippen LogP contribution in [0, 0.1) is 9.75 Å². The number of nitrogens with one attached hydrogen (secondary N) is 1. The number of anilines is 1. The second-order valence-electron chi connectivity index (χ2n) is 12.2. The summed E-state index contributed by atoms with van der Waals surface area (Å²) in [6, 6.07) is 19.9. The Hall–Kier alpha value is -3.90. The van der Waals surface area contributed by atoms with E-state index in [1.807, 2.05) is 46.9 Å². The SMILES string of the molecule is COc1nc(N)nc2c1nc(I)n2[C@@H]1O[C@H](COP(=O)(N[C@H](C(=O)Oc2ccccc2)C(C)C)Oc2cccc3ccccc23)[C@@H](O)[C@@]1(C)O. The first-order valence-corrected chi connectivity index (χ1v) is 18.2. The second kappa shape index (κ2) is 14.4. The first kappa shape index (κ1) is 35.9. The maximum Gasteiger partial charge on any atom is 0.459 e. The molecule has 50 heavy (non-hydrogen) atoms. The van der Waals surface area contributed by atoms with E-state index < -0.39 is 56.3 Å². The lowest BCUT2D eigenvalue weighted by atomic mass is 9.96. The van der Waals surface area contributed by atoms with E-state index in [1.165, 1.54) is 18.6 Å². The predicted octanol–water partition coefficient (Wildman–Crippen LogP) is 4.61. The van der Waals surface area contributed by atoms with Gasteiger partial charge in [-0.05, 0) is 36.4 Å². The van der Waals surface area contributed by atoms with E-state index in [1.54, 1.807) is 62.4 Å². The van der Waals surface area contributed by atoms with Crippen LogP contribution in [0.4, 0.5) is 5.95 Å². The topological polar surface area (TPSA) is 202 Å². The number of hydrogen-bond donors (Lipinski definition) is 4. The summed E-state index contributed by atoms with van der Waals surface area (Å²) >= 11 is 1.93. The number of carbonyl (C=O) groups is 1. The van der Waals surface area contributed by atoms with Gasteiger partial charge in [0.2, 0.25) is 11.8 Å². The summed E-state index contributed by atoms with van der Waals surface area (Å²) in [5.74, 6) is -0.604. The fraction of sp³-hybridized carbons (Fsp3) is 0.333. The maximum atomic E-state index is 14.7. The highest BCUT2D eigenvalue weighted by molar-refractivity contribution is 14.1. The number of aromatic nitrogens is 4. The fourth-order valence-corrected chi connectivity index (χ4v) is 8.03. The molecule has 17 heteroatoms. The summed E-state index contributed by atoms with van der Waals surface area (Å²) in [6.07, 6.45) is -4.06. The molecule has 0 spiro atoms. The van der Waals surface area contributed by atoms with E-state index in [2.05, 4.69) is 20.0 Å². The van der Waals surface area contributed by atoms with Crippen molar-refractivity contribution in [1.29, 1.82) is 0 Å². The third-order valence-electron chi connectivity index (χ3n) is 8.22. The van der Waals surface area contributed by atoms with E-state index >= 15 is 0 Å². The van der Waals surface area contributed by atoms with Gasteiger partial charge in [-0.25, -0.2) is 14.3 Å². The fourth-order valence-electron chi connectivity index (χ4n) is 5.62. The number of para-hydroxylation sites is 1. The molecule has 6 atom stereocenters. The average Bonchev–Trinajstić information content (AvgIpc) is 3.52. The number of benzene rings is 3. The van der Waals surface area contributed by atoms with Gasteiger partial charge < -0.3 is 34.7 Å². The molecule has 264 valence electrons. The zero-order chi connectivity index (χ0) is 35.8. The van der Waals surface area contributed by atoms with Crippen LogP contribution in [0.15, 0.2) is 72.8 Å². The number of imidazole rings is 1. The minimum absolute atomic E-state index is 0.104. The number of esters is 1. The van der Waals surface area contributed by atoms with Crippen molar-refractivity contribution in [3.05, 3.63) is 76.6 Å². The van der Waals surface area contributed by atoms with Gasteiger partial charge in [0.1, 0.15) is 35.3 Å². The zero-order valence-corrected chi connectivity index (χ0v) is 30.5. The smallest absolute Gasteiger partial charge is 0.459 e. The van der Waals surface area contributed by atoms with Crippen molar-refractivity contribution in [3.63, 3.8) is 0 Å². The molecule has 3 heterocycles. The molecule has 5 aromatic rings. The zero-order valence-electron chi connectivity index (χ0n) is 27.5. The second-order valence-corrected chi connectivity index (χ2v) is 14.8. The van der Waals surface area contributed by atoms with Crippen LogP contribution in [0.2, 0.25) is 0 Å². The normalized spacial score (nSPS) is 22.4. The molecule has 0 bridgehead atoms.